The molecule has 5 nitrogen and oxygen atoms in total. The predicted octanol–water partition coefficient (Wildman–Crippen LogP) is 1.87. The highest BCUT2D eigenvalue weighted by Crippen LogP contribution is 2.34. The first-order valence-electron chi connectivity index (χ1n) is 6.27. The average Bonchev–Trinajstić information content (AvgIpc) is 2.82. The molecule has 0 saturated carbocycles. The Kier molecular flexibility index (Phi) is 5.00. The highest BCUT2D eigenvalue weighted by Gasteiger charge is 2.43. The molecule has 1 fully saturated rings. The maximum Gasteiger partial charge on any atom is 0.219 e. The Morgan fingerprint density at radius 3 is 2.95 bits per heavy atom. The van der Waals surface area contributed by atoms with Crippen molar-refractivity contribution in [2.24, 2.45) is 0 Å². The summed E-state index contributed by atoms with van der Waals surface area (Å²) in [5, 5.41) is 0.577. The van der Waals surface area contributed by atoms with Crippen LogP contribution in [0.3, 0.4) is 0 Å². The van der Waals surface area contributed by atoms with Crippen LogP contribution in [0.25, 0.3) is 0 Å². The lowest BCUT2D eigenvalue weighted by molar-refractivity contribution is -0.110. The van der Waals surface area contributed by atoms with E-state index in [9.17, 15) is 12.8 Å². The van der Waals surface area contributed by atoms with Crippen LogP contribution in [0.5, 0.6) is 0 Å². The zero-order valence-corrected chi connectivity index (χ0v) is 13.0. The van der Waals surface area contributed by atoms with E-state index in [1.54, 1.807) is 7.05 Å². The van der Waals surface area contributed by atoms with Gasteiger partial charge in [-0.1, -0.05) is 23.7 Å². The molecule has 0 aliphatic carbocycles. The third-order valence-corrected chi connectivity index (χ3v) is 5.35. The molecule has 116 valence electrons. The van der Waals surface area contributed by atoms with Gasteiger partial charge in [-0.15, -0.1) is 6.58 Å². The van der Waals surface area contributed by atoms with Gasteiger partial charge in [0.05, 0.1) is 17.7 Å². The molecule has 1 aromatic carbocycles. The number of hydrogen-bond acceptors (Lipinski definition) is 4. The van der Waals surface area contributed by atoms with Gasteiger partial charge in [0.1, 0.15) is 11.1 Å². The molecule has 0 bridgehead atoms. The fourth-order valence-electron chi connectivity index (χ4n) is 2.26. The summed E-state index contributed by atoms with van der Waals surface area (Å²) < 4.78 is 40.3. The second kappa shape index (κ2) is 6.41. The Balaban J connectivity index is 2.34. The van der Waals surface area contributed by atoms with Gasteiger partial charge in [-0.2, -0.15) is 5.06 Å². The van der Waals surface area contributed by atoms with Gasteiger partial charge in [0, 0.05) is 13.6 Å². The number of hydrogen-bond donors (Lipinski definition) is 1. The monoisotopic (exact) mass is 334 g/mol. The summed E-state index contributed by atoms with van der Waals surface area (Å²) in [7, 11) is -1.97. The third kappa shape index (κ3) is 3.44. The summed E-state index contributed by atoms with van der Waals surface area (Å²) in [5.41, 5.74) is 0.579. The van der Waals surface area contributed by atoms with Crippen molar-refractivity contribution in [3.63, 3.8) is 0 Å². The Hall–Kier alpha value is -0.990. The molecule has 0 radical (unpaired) electrons. The fraction of sp³-hybridized carbons (Fsp3) is 0.385. The lowest BCUT2D eigenvalue weighted by atomic mass is 10.0. The molecular weight excluding hydrogens is 319 g/mol. The molecule has 8 heteroatoms. The van der Waals surface area contributed by atoms with E-state index in [4.69, 9.17) is 16.4 Å². The maximum absolute atomic E-state index is 13.3. The molecule has 2 unspecified atom stereocenters. The van der Waals surface area contributed by atoms with E-state index in [-0.39, 0.29) is 18.2 Å². The average molecular weight is 335 g/mol. The minimum atomic E-state index is -3.60. The SMILES string of the molecule is C=CCNS(=O)(=O)C1CON(C)C1c1ccc(F)c(Cl)c1. The van der Waals surface area contributed by atoms with Crippen LogP contribution in [0.2, 0.25) is 5.02 Å². The molecule has 21 heavy (non-hydrogen) atoms. The minimum absolute atomic E-state index is 0.0165. The Labute approximate surface area is 128 Å². The summed E-state index contributed by atoms with van der Waals surface area (Å²) in [6, 6.07) is 3.57. The second-order valence-electron chi connectivity index (χ2n) is 4.68. The standard InChI is InChI=1S/C13H16ClFN2O3S/c1-3-6-16-21(18,19)12-8-20-17(2)13(12)9-4-5-11(15)10(14)7-9/h3-5,7,12-13,16H,1,6,8H2,2H3. The van der Waals surface area contributed by atoms with Gasteiger partial charge < -0.3 is 0 Å². The summed E-state index contributed by atoms with van der Waals surface area (Å²) in [5.74, 6) is -0.550. The normalized spacial score (nSPS) is 23.4. The smallest absolute Gasteiger partial charge is 0.219 e. The number of nitrogens with one attached hydrogen (secondary N) is 1. The van der Waals surface area contributed by atoms with Gasteiger partial charge in [0.25, 0.3) is 0 Å². The number of sulfonamides is 1. The molecule has 1 saturated heterocycles. The van der Waals surface area contributed by atoms with Crippen molar-refractivity contribution in [2.75, 3.05) is 20.2 Å². The van der Waals surface area contributed by atoms with Crippen LogP contribution in [-0.4, -0.2) is 38.9 Å². The number of halogens is 2. The van der Waals surface area contributed by atoms with E-state index in [1.807, 2.05) is 0 Å². The van der Waals surface area contributed by atoms with Crippen LogP contribution in [0, 0.1) is 5.82 Å². The van der Waals surface area contributed by atoms with Crippen molar-refractivity contribution in [3.05, 3.63) is 47.3 Å². The van der Waals surface area contributed by atoms with E-state index >= 15 is 0 Å². The van der Waals surface area contributed by atoms with Crippen molar-refractivity contribution in [1.29, 1.82) is 0 Å². The molecule has 2 atom stereocenters. The summed E-state index contributed by atoms with van der Waals surface area (Å²) in [6.07, 6.45) is 1.46. The lowest BCUT2D eigenvalue weighted by Crippen LogP contribution is -2.39. The van der Waals surface area contributed by atoms with Crippen LogP contribution < -0.4 is 4.72 Å². The Morgan fingerprint density at radius 2 is 2.33 bits per heavy atom. The summed E-state index contributed by atoms with van der Waals surface area (Å²) >= 11 is 5.77. The van der Waals surface area contributed by atoms with E-state index in [1.165, 1.54) is 29.3 Å². The Bertz CT molecular complexity index is 638. The molecule has 2 rings (SSSR count). The van der Waals surface area contributed by atoms with Gasteiger partial charge in [-0.3, -0.25) is 4.84 Å². The van der Waals surface area contributed by atoms with Crippen molar-refractivity contribution in [1.82, 2.24) is 9.79 Å². The molecule has 1 heterocycles. The maximum atomic E-state index is 13.3. The summed E-state index contributed by atoms with van der Waals surface area (Å²) in [4.78, 5) is 5.32. The van der Waals surface area contributed by atoms with E-state index in [0.29, 0.717) is 5.56 Å². The molecule has 0 spiro atoms. The van der Waals surface area contributed by atoms with Crippen LogP contribution >= 0.6 is 11.6 Å². The quantitative estimate of drug-likeness (QED) is 0.835. The zero-order chi connectivity index (χ0) is 15.6. The largest absolute Gasteiger partial charge is 0.297 e. The number of nitrogens with zero attached hydrogens (tertiary/aromatic N) is 1. The van der Waals surface area contributed by atoms with Crippen LogP contribution in [0.15, 0.2) is 30.9 Å². The zero-order valence-electron chi connectivity index (χ0n) is 11.4. The molecule has 1 aromatic rings. The molecule has 0 aromatic heterocycles. The van der Waals surface area contributed by atoms with Gasteiger partial charge in [0.15, 0.2) is 0 Å². The third-order valence-electron chi connectivity index (χ3n) is 3.30. The molecule has 1 aliphatic rings. The van der Waals surface area contributed by atoms with Gasteiger partial charge in [-0.25, -0.2) is 17.5 Å². The first kappa shape index (κ1) is 16.4. The highest BCUT2D eigenvalue weighted by molar-refractivity contribution is 7.90. The van der Waals surface area contributed by atoms with Crippen LogP contribution in [-0.2, 0) is 14.9 Å². The molecule has 1 N–H and O–H groups in total. The first-order valence-corrected chi connectivity index (χ1v) is 8.19. The van der Waals surface area contributed by atoms with E-state index in [0.717, 1.165) is 0 Å². The van der Waals surface area contributed by atoms with Gasteiger partial charge in [0.2, 0.25) is 10.0 Å². The fourth-order valence-corrected chi connectivity index (χ4v) is 3.92. The summed E-state index contributed by atoms with van der Waals surface area (Å²) in [6.45, 7) is 3.63. The predicted molar refractivity (Wildman–Crippen MR) is 78.8 cm³/mol. The molecule has 0 amide bonds. The topological polar surface area (TPSA) is 58.6 Å². The molecular formula is C13H16ClFN2O3S. The van der Waals surface area contributed by atoms with Crippen molar-refractivity contribution in [2.45, 2.75) is 11.3 Å². The van der Waals surface area contributed by atoms with Crippen molar-refractivity contribution < 1.29 is 17.6 Å². The number of hydroxylamine groups is 2. The first-order chi connectivity index (χ1) is 9.86. The lowest BCUT2D eigenvalue weighted by Gasteiger charge is -2.23. The Morgan fingerprint density at radius 1 is 1.62 bits per heavy atom. The minimum Gasteiger partial charge on any atom is -0.297 e. The van der Waals surface area contributed by atoms with E-state index < -0.39 is 27.1 Å². The highest BCUT2D eigenvalue weighted by atomic mass is 35.5. The van der Waals surface area contributed by atoms with E-state index in [2.05, 4.69) is 11.3 Å². The van der Waals surface area contributed by atoms with Crippen LogP contribution in [0.4, 0.5) is 4.39 Å². The molecule has 1 aliphatic heterocycles. The van der Waals surface area contributed by atoms with Crippen LogP contribution in [0.1, 0.15) is 11.6 Å². The van der Waals surface area contributed by atoms with Crippen molar-refractivity contribution in [3.8, 4) is 0 Å². The number of benzene rings is 1. The van der Waals surface area contributed by atoms with Gasteiger partial charge in [-0.05, 0) is 17.7 Å². The second-order valence-corrected chi connectivity index (χ2v) is 7.07. The van der Waals surface area contributed by atoms with Crippen molar-refractivity contribution >= 4 is 21.6 Å². The number of rotatable bonds is 5. The van der Waals surface area contributed by atoms with Gasteiger partial charge >= 0.3 is 0 Å².